The summed E-state index contributed by atoms with van der Waals surface area (Å²) in [5.41, 5.74) is 8.94. The van der Waals surface area contributed by atoms with Crippen LogP contribution < -0.4 is 5.73 Å². The van der Waals surface area contributed by atoms with Crippen molar-refractivity contribution in [2.75, 3.05) is 5.73 Å². The maximum atomic E-state index is 11.2. The van der Waals surface area contributed by atoms with E-state index in [1.54, 1.807) is 0 Å². The average Bonchev–Trinajstić information content (AvgIpc) is 2.76. The van der Waals surface area contributed by atoms with Gasteiger partial charge in [0.05, 0.1) is 5.56 Å². The summed E-state index contributed by atoms with van der Waals surface area (Å²) in [5, 5.41) is 4.33. The summed E-state index contributed by atoms with van der Waals surface area (Å²) in [6.45, 7) is 4.51. The predicted octanol–water partition coefficient (Wildman–Crippen LogP) is 2.70. The summed E-state index contributed by atoms with van der Waals surface area (Å²) in [5.74, 6) is 3.23. The van der Waals surface area contributed by atoms with Gasteiger partial charge in [0.15, 0.2) is 6.29 Å². The van der Waals surface area contributed by atoms with E-state index in [-0.39, 0.29) is 6.54 Å². The van der Waals surface area contributed by atoms with E-state index in [0.717, 1.165) is 11.8 Å². The number of rotatable bonds is 4. The molecule has 4 nitrogen and oxygen atoms in total. The second kappa shape index (κ2) is 5.62. The van der Waals surface area contributed by atoms with Crippen molar-refractivity contribution < 1.29 is 4.79 Å². The molecule has 0 fully saturated rings. The van der Waals surface area contributed by atoms with Crippen molar-refractivity contribution >= 4 is 12.1 Å². The largest absolute Gasteiger partial charge is 0.383 e. The van der Waals surface area contributed by atoms with E-state index in [9.17, 15) is 4.79 Å². The van der Waals surface area contributed by atoms with Gasteiger partial charge in [-0.3, -0.25) is 4.79 Å². The third-order valence-electron chi connectivity index (χ3n) is 3.24. The lowest BCUT2D eigenvalue weighted by Gasteiger charge is -2.05. The fraction of sp³-hybridized carbons (Fsp3) is 0.250. The van der Waals surface area contributed by atoms with E-state index in [1.165, 1.54) is 10.2 Å². The molecule has 0 radical (unpaired) electrons. The van der Waals surface area contributed by atoms with Gasteiger partial charge in [0, 0.05) is 5.56 Å². The highest BCUT2D eigenvalue weighted by molar-refractivity contribution is 5.91. The SMILES string of the molecule is C#CCn1nc(-c2ccc(C(C)C)cc2)c(C=O)c1N. The number of aldehydes is 1. The number of nitrogens with zero attached hydrogens (tertiary/aromatic N) is 2. The minimum absolute atomic E-state index is 0.247. The fourth-order valence-electron chi connectivity index (χ4n) is 2.05. The summed E-state index contributed by atoms with van der Waals surface area (Å²) < 4.78 is 1.47. The zero-order valence-electron chi connectivity index (χ0n) is 11.6. The zero-order chi connectivity index (χ0) is 14.7. The lowest BCUT2D eigenvalue weighted by atomic mass is 10.00. The Morgan fingerprint density at radius 2 is 2.05 bits per heavy atom. The second-order valence-electron chi connectivity index (χ2n) is 4.90. The minimum atomic E-state index is 0.247. The van der Waals surface area contributed by atoms with Crippen molar-refractivity contribution in [1.29, 1.82) is 0 Å². The van der Waals surface area contributed by atoms with E-state index in [0.29, 0.717) is 23.0 Å². The van der Waals surface area contributed by atoms with Gasteiger partial charge in [-0.05, 0) is 11.5 Å². The Kier molecular flexibility index (Phi) is 3.90. The van der Waals surface area contributed by atoms with Crippen LogP contribution in [0.3, 0.4) is 0 Å². The standard InChI is InChI=1S/C16H17N3O/c1-4-9-19-16(17)14(10-20)15(18-19)13-7-5-12(6-8-13)11(2)3/h1,5-8,10-11H,9,17H2,2-3H3. The van der Waals surface area contributed by atoms with Crippen LogP contribution in [0.25, 0.3) is 11.3 Å². The van der Waals surface area contributed by atoms with Crippen LogP contribution in [0.4, 0.5) is 5.82 Å². The van der Waals surface area contributed by atoms with Gasteiger partial charge in [0.1, 0.15) is 18.1 Å². The molecular formula is C16H17N3O. The quantitative estimate of drug-likeness (QED) is 0.684. The van der Waals surface area contributed by atoms with Gasteiger partial charge in [-0.25, -0.2) is 4.68 Å². The molecule has 0 aliphatic rings. The van der Waals surface area contributed by atoms with E-state index < -0.39 is 0 Å². The van der Waals surface area contributed by atoms with Crippen molar-refractivity contribution in [2.45, 2.75) is 26.3 Å². The third-order valence-corrected chi connectivity index (χ3v) is 3.24. The highest BCUT2D eigenvalue weighted by atomic mass is 16.1. The van der Waals surface area contributed by atoms with Gasteiger partial charge in [-0.2, -0.15) is 5.10 Å². The van der Waals surface area contributed by atoms with Crippen molar-refractivity contribution in [3.8, 4) is 23.6 Å². The highest BCUT2D eigenvalue weighted by Gasteiger charge is 2.16. The number of carbonyl (C=O) groups excluding carboxylic acids is 1. The number of hydrogen-bond donors (Lipinski definition) is 1. The molecule has 0 atom stereocenters. The van der Waals surface area contributed by atoms with Gasteiger partial charge < -0.3 is 5.73 Å². The highest BCUT2D eigenvalue weighted by Crippen LogP contribution is 2.27. The molecule has 0 saturated carbocycles. The first-order chi connectivity index (χ1) is 9.58. The van der Waals surface area contributed by atoms with Crippen LogP contribution in [0.1, 0.15) is 35.7 Å². The van der Waals surface area contributed by atoms with Gasteiger partial charge in [0.25, 0.3) is 0 Å². The number of aromatic nitrogens is 2. The smallest absolute Gasteiger partial charge is 0.156 e. The van der Waals surface area contributed by atoms with E-state index in [4.69, 9.17) is 12.2 Å². The summed E-state index contributed by atoms with van der Waals surface area (Å²) >= 11 is 0. The Balaban J connectivity index is 2.49. The summed E-state index contributed by atoms with van der Waals surface area (Å²) in [6.07, 6.45) is 5.99. The number of anilines is 1. The van der Waals surface area contributed by atoms with Crippen LogP contribution in [-0.2, 0) is 6.54 Å². The van der Waals surface area contributed by atoms with Crippen molar-refractivity contribution in [3.63, 3.8) is 0 Å². The molecule has 2 aromatic rings. The molecule has 4 heteroatoms. The maximum Gasteiger partial charge on any atom is 0.156 e. The molecular weight excluding hydrogens is 250 g/mol. The average molecular weight is 267 g/mol. The molecule has 1 aromatic carbocycles. The second-order valence-corrected chi connectivity index (χ2v) is 4.90. The zero-order valence-corrected chi connectivity index (χ0v) is 11.6. The van der Waals surface area contributed by atoms with Gasteiger partial charge in [-0.15, -0.1) is 6.42 Å². The summed E-state index contributed by atoms with van der Waals surface area (Å²) in [6, 6.07) is 7.96. The molecule has 20 heavy (non-hydrogen) atoms. The maximum absolute atomic E-state index is 11.2. The predicted molar refractivity (Wildman–Crippen MR) is 80.4 cm³/mol. The van der Waals surface area contributed by atoms with Crippen molar-refractivity contribution in [2.24, 2.45) is 0 Å². The molecule has 0 aliphatic heterocycles. The number of terminal acetylenes is 1. The Bertz CT molecular complexity index is 660. The Hall–Kier alpha value is -2.54. The molecule has 0 unspecified atom stereocenters. The number of nitrogens with two attached hydrogens (primary N) is 1. The molecule has 1 aromatic heterocycles. The Morgan fingerprint density at radius 3 is 2.55 bits per heavy atom. The summed E-state index contributed by atoms with van der Waals surface area (Å²) in [7, 11) is 0. The monoisotopic (exact) mass is 267 g/mol. The van der Waals surface area contributed by atoms with Crippen LogP contribution >= 0.6 is 0 Å². The number of hydrogen-bond acceptors (Lipinski definition) is 3. The molecule has 2 N–H and O–H groups in total. The van der Waals surface area contributed by atoms with E-state index in [2.05, 4.69) is 24.9 Å². The van der Waals surface area contributed by atoms with E-state index in [1.807, 2.05) is 24.3 Å². The number of carbonyl (C=O) groups is 1. The number of nitrogen functional groups attached to an aromatic ring is 1. The fourth-order valence-corrected chi connectivity index (χ4v) is 2.05. The number of benzene rings is 1. The first-order valence-corrected chi connectivity index (χ1v) is 6.43. The molecule has 0 bridgehead atoms. The van der Waals surface area contributed by atoms with Crippen LogP contribution in [0.5, 0.6) is 0 Å². The molecule has 1 heterocycles. The third kappa shape index (κ3) is 2.43. The topological polar surface area (TPSA) is 60.9 Å². The molecule has 2 rings (SSSR count). The van der Waals surface area contributed by atoms with Gasteiger partial charge >= 0.3 is 0 Å². The first kappa shape index (κ1) is 13.9. The van der Waals surface area contributed by atoms with E-state index >= 15 is 0 Å². The molecule has 102 valence electrons. The minimum Gasteiger partial charge on any atom is -0.383 e. The Morgan fingerprint density at radius 1 is 1.40 bits per heavy atom. The van der Waals surface area contributed by atoms with Crippen molar-refractivity contribution in [1.82, 2.24) is 9.78 Å². The van der Waals surface area contributed by atoms with Gasteiger partial charge in [0.2, 0.25) is 0 Å². The van der Waals surface area contributed by atoms with Crippen LogP contribution in [0, 0.1) is 12.3 Å². The lowest BCUT2D eigenvalue weighted by Crippen LogP contribution is -2.03. The normalized spacial score (nSPS) is 10.5. The van der Waals surface area contributed by atoms with Crippen LogP contribution in [0.15, 0.2) is 24.3 Å². The molecule has 0 saturated heterocycles. The lowest BCUT2D eigenvalue weighted by molar-refractivity contribution is 0.112. The van der Waals surface area contributed by atoms with Crippen LogP contribution in [-0.4, -0.2) is 16.1 Å². The van der Waals surface area contributed by atoms with Crippen LogP contribution in [0.2, 0.25) is 0 Å². The first-order valence-electron chi connectivity index (χ1n) is 6.43. The Labute approximate surface area is 118 Å². The van der Waals surface area contributed by atoms with Crippen molar-refractivity contribution in [3.05, 3.63) is 35.4 Å². The molecule has 0 spiro atoms. The summed E-state index contributed by atoms with van der Waals surface area (Å²) in [4.78, 5) is 11.2. The van der Waals surface area contributed by atoms with Gasteiger partial charge in [-0.1, -0.05) is 44.0 Å². The molecule has 0 aliphatic carbocycles. The molecule has 0 amide bonds.